The molecule has 0 amide bonds. The molecule has 1 aliphatic heterocycles. The highest BCUT2D eigenvalue weighted by atomic mass is 32.1. The molecule has 0 spiro atoms. The normalized spacial score (nSPS) is 22.6. The lowest BCUT2D eigenvalue weighted by atomic mass is 10.1. The van der Waals surface area contributed by atoms with Crippen molar-refractivity contribution in [1.29, 1.82) is 0 Å². The van der Waals surface area contributed by atoms with E-state index in [1.54, 1.807) is 11.3 Å². The van der Waals surface area contributed by atoms with Gasteiger partial charge >= 0.3 is 0 Å². The molecule has 0 aliphatic carbocycles. The Morgan fingerprint density at radius 3 is 3.05 bits per heavy atom. The zero-order valence-corrected chi connectivity index (χ0v) is 12.7. The number of thiophene rings is 1. The Bertz CT molecular complexity index is 610. The van der Waals surface area contributed by atoms with Crippen LogP contribution < -0.4 is 10.2 Å². The molecule has 2 N–H and O–H groups in total. The third-order valence-corrected chi connectivity index (χ3v) is 4.40. The zero-order chi connectivity index (χ0) is 14.2. The van der Waals surface area contributed by atoms with Gasteiger partial charge in [-0.2, -0.15) is 4.98 Å². The van der Waals surface area contributed by atoms with Gasteiger partial charge in [0.15, 0.2) is 0 Å². The fourth-order valence-corrected chi connectivity index (χ4v) is 3.28. The maximum atomic E-state index is 10.2. The average Bonchev–Trinajstić information content (AvgIpc) is 3.01. The van der Waals surface area contributed by atoms with Crippen molar-refractivity contribution in [2.75, 3.05) is 29.9 Å². The fraction of sp³-hybridized carbons (Fsp3) is 0.571. The van der Waals surface area contributed by atoms with Crippen molar-refractivity contribution in [3.63, 3.8) is 0 Å². The van der Waals surface area contributed by atoms with Crippen LogP contribution in [-0.4, -0.2) is 40.3 Å². The van der Waals surface area contributed by atoms with Crippen LogP contribution in [0, 0.1) is 0 Å². The van der Waals surface area contributed by atoms with Gasteiger partial charge in [0.05, 0.1) is 11.0 Å². The van der Waals surface area contributed by atoms with Gasteiger partial charge in [-0.25, -0.2) is 4.98 Å². The van der Waals surface area contributed by atoms with Gasteiger partial charge < -0.3 is 15.3 Å². The van der Waals surface area contributed by atoms with Crippen LogP contribution in [0.1, 0.15) is 26.7 Å². The van der Waals surface area contributed by atoms with Crippen LogP contribution in [0.15, 0.2) is 11.4 Å². The van der Waals surface area contributed by atoms with E-state index in [-0.39, 0.29) is 0 Å². The van der Waals surface area contributed by atoms with Gasteiger partial charge in [-0.1, -0.05) is 6.92 Å². The van der Waals surface area contributed by atoms with Crippen molar-refractivity contribution in [2.24, 2.45) is 0 Å². The van der Waals surface area contributed by atoms with Gasteiger partial charge in [0.25, 0.3) is 0 Å². The van der Waals surface area contributed by atoms with E-state index in [4.69, 9.17) is 0 Å². The lowest BCUT2D eigenvalue weighted by Gasteiger charge is -2.21. The number of hydrogen-bond acceptors (Lipinski definition) is 6. The minimum atomic E-state index is -0.621. The highest BCUT2D eigenvalue weighted by molar-refractivity contribution is 7.16. The lowest BCUT2D eigenvalue weighted by molar-refractivity contribution is 0.0839. The van der Waals surface area contributed by atoms with Gasteiger partial charge in [-0.05, 0) is 31.2 Å². The molecule has 2 aromatic rings. The summed E-state index contributed by atoms with van der Waals surface area (Å²) >= 11 is 1.63. The molecule has 1 fully saturated rings. The third kappa shape index (κ3) is 2.58. The largest absolute Gasteiger partial charge is 0.388 e. The topological polar surface area (TPSA) is 61.3 Å². The Hall–Kier alpha value is -1.40. The van der Waals surface area contributed by atoms with Gasteiger partial charge in [0.2, 0.25) is 5.95 Å². The van der Waals surface area contributed by atoms with Gasteiger partial charge in [-0.3, -0.25) is 0 Å². The molecule has 0 saturated carbocycles. The number of β-amino-alcohol motifs (C(OH)–C–C–N with tert-alkyl or cyclic N) is 1. The summed E-state index contributed by atoms with van der Waals surface area (Å²) in [5, 5.41) is 16.5. The number of aliphatic hydroxyl groups is 1. The number of nitrogens with one attached hydrogen (secondary N) is 1. The molecule has 3 heterocycles. The van der Waals surface area contributed by atoms with E-state index in [0.717, 1.165) is 42.0 Å². The Kier molecular flexibility index (Phi) is 3.52. The molecule has 1 unspecified atom stereocenters. The molecular formula is C14H20N4OS. The molecule has 3 rings (SSSR count). The van der Waals surface area contributed by atoms with Crippen molar-refractivity contribution in [3.8, 4) is 0 Å². The molecule has 0 bridgehead atoms. The number of aromatic nitrogens is 2. The van der Waals surface area contributed by atoms with Crippen molar-refractivity contribution >= 4 is 33.3 Å². The predicted molar refractivity (Wildman–Crippen MR) is 83.6 cm³/mol. The monoisotopic (exact) mass is 292 g/mol. The number of hydrogen-bond donors (Lipinski definition) is 2. The number of rotatable bonds is 4. The molecule has 2 aromatic heterocycles. The second-order valence-electron chi connectivity index (χ2n) is 5.61. The standard InChI is InChI=1S/C14H20N4OS/c1-3-6-15-13-16-11(10-4-8-20-12(10)17-13)18-7-5-14(2,19)9-18/h4,8,19H,3,5-7,9H2,1-2H3,(H,15,16,17). The van der Waals surface area contributed by atoms with E-state index in [1.807, 2.05) is 12.3 Å². The van der Waals surface area contributed by atoms with Crippen molar-refractivity contribution in [3.05, 3.63) is 11.4 Å². The van der Waals surface area contributed by atoms with Crippen LogP contribution in [0.3, 0.4) is 0 Å². The van der Waals surface area contributed by atoms with E-state index in [9.17, 15) is 5.11 Å². The molecule has 1 aliphatic rings. The Morgan fingerprint density at radius 1 is 1.50 bits per heavy atom. The number of fused-ring (bicyclic) bond motifs is 1. The smallest absolute Gasteiger partial charge is 0.226 e. The van der Waals surface area contributed by atoms with Crippen molar-refractivity contribution in [1.82, 2.24) is 9.97 Å². The highest BCUT2D eigenvalue weighted by Gasteiger charge is 2.33. The van der Waals surface area contributed by atoms with Gasteiger partial charge in [0.1, 0.15) is 10.6 Å². The summed E-state index contributed by atoms with van der Waals surface area (Å²) in [6.45, 7) is 6.34. The van der Waals surface area contributed by atoms with E-state index < -0.39 is 5.60 Å². The molecule has 1 atom stereocenters. The highest BCUT2D eigenvalue weighted by Crippen LogP contribution is 2.33. The van der Waals surface area contributed by atoms with Gasteiger partial charge in [0, 0.05) is 19.6 Å². The molecule has 6 heteroatoms. The molecule has 0 aromatic carbocycles. The van der Waals surface area contributed by atoms with Gasteiger partial charge in [-0.15, -0.1) is 11.3 Å². The first-order valence-corrected chi connectivity index (χ1v) is 7.93. The zero-order valence-electron chi connectivity index (χ0n) is 11.9. The molecule has 20 heavy (non-hydrogen) atoms. The first kappa shape index (κ1) is 13.6. The lowest BCUT2D eigenvalue weighted by Crippen LogP contribution is -2.30. The number of anilines is 2. The quantitative estimate of drug-likeness (QED) is 0.906. The summed E-state index contributed by atoms with van der Waals surface area (Å²) < 4.78 is 0. The van der Waals surface area contributed by atoms with Crippen LogP contribution in [0.5, 0.6) is 0 Å². The molecule has 0 radical (unpaired) electrons. The number of nitrogens with zero attached hydrogens (tertiary/aromatic N) is 3. The summed E-state index contributed by atoms with van der Waals surface area (Å²) in [5.41, 5.74) is -0.621. The Morgan fingerprint density at radius 2 is 2.35 bits per heavy atom. The Balaban J connectivity index is 1.97. The SMILES string of the molecule is CCCNc1nc(N2CCC(C)(O)C2)c2ccsc2n1. The molecular weight excluding hydrogens is 272 g/mol. The first-order valence-electron chi connectivity index (χ1n) is 7.05. The minimum absolute atomic E-state index is 0.621. The predicted octanol–water partition coefficient (Wildman–Crippen LogP) is 2.47. The van der Waals surface area contributed by atoms with Crippen LogP contribution in [-0.2, 0) is 0 Å². The maximum Gasteiger partial charge on any atom is 0.226 e. The average molecular weight is 292 g/mol. The van der Waals surface area contributed by atoms with E-state index in [2.05, 4.69) is 33.2 Å². The fourth-order valence-electron chi connectivity index (χ4n) is 2.52. The van der Waals surface area contributed by atoms with E-state index >= 15 is 0 Å². The second-order valence-corrected chi connectivity index (χ2v) is 6.50. The summed E-state index contributed by atoms with van der Waals surface area (Å²) in [4.78, 5) is 12.4. The van der Waals surface area contributed by atoms with Crippen LogP contribution in [0.4, 0.5) is 11.8 Å². The summed E-state index contributed by atoms with van der Waals surface area (Å²) in [5.74, 6) is 1.62. The first-order chi connectivity index (χ1) is 9.59. The third-order valence-electron chi connectivity index (χ3n) is 3.59. The van der Waals surface area contributed by atoms with E-state index in [0.29, 0.717) is 12.5 Å². The van der Waals surface area contributed by atoms with Crippen molar-refractivity contribution in [2.45, 2.75) is 32.3 Å². The molecule has 1 saturated heterocycles. The second kappa shape index (κ2) is 5.18. The maximum absolute atomic E-state index is 10.2. The van der Waals surface area contributed by atoms with E-state index in [1.165, 1.54) is 0 Å². The van der Waals surface area contributed by atoms with Crippen LogP contribution in [0.25, 0.3) is 10.2 Å². The minimum Gasteiger partial charge on any atom is -0.388 e. The summed E-state index contributed by atoms with van der Waals surface area (Å²) in [7, 11) is 0. The summed E-state index contributed by atoms with van der Waals surface area (Å²) in [6, 6.07) is 2.06. The Labute approximate surface area is 122 Å². The van der Waals surface area contributed by atoms with Crippen molar-refractivity contribution < 1.29 is 5.11 Å². The summed E-state index contributed by atoms with van der Waals surface area (Å²) in [6.07, 6.45) is 1.82. The van der Waals surface area contributed by atoms with Crippen LogP contribution >= 0.6 is 11.3 Å². The van der Waals surface area contributed by atoms with Crippen LogP contribution in [0.2, 0.25) is 0 Å². The molecule has 5 nitrogen and oxygen atoms in total. The molecule has 108 valence electrons.